The van der Waals surface area contributed by atoms with Gasteiger partial charge in [-0.3, -0.25) is 5.10 Å². The molecule has 0 bridgehead atoms. The van der Waals surface area contributed by atoms with Crippen LogP contribution in [0.4, 0.5) is 0 Å². The quantitative estimate of drug-likeness (QED) is 0.444. The van der Waals surface area contributed by atoms with Crippen LogP contribution >= 0.6 is 12.2 Å². The Morgan fingerprint density at radius 1 is 1.25 bits per heavy atom. The number of hydrogen-bond acceptors (Lipinski definition) is 5. The second kappa shape index (κ2) is 9.32. The van der Waals surface area contributed by atoms with Crippen LogP contribution in [0.5, 0.6) is 11.5 Å². The van der Waals surface area contributed by atoms with Crippen molar-refractivity contribution in [1.29, 1.82) is 0 Å². The first-order chi connectivity index (χ1) is 13.6. The van der Waals surface area contributed by atoms with Crippen molar-refractivity contribution in [2.45, 2.75) is 33.3 Å². The van der Waals surface area contributed by atoms with Gasteiger partial charge in [-0.15, -0.1) is 0 Å². The van der Waals surface area contributed by atoms with Crippen LogP contribution in [0.2, 0.25) is 0 Å². The first-order valence-corrected chi connectivity index (χ1v) is 9.59. The van der Waals surface area contributed by atoms with Crippen molar-refractivity contribution in [2.24, 2.45) is 5.10 Å². The standard InChI is InChI=1S/C21H24N4O2S/c1-4-7-19-23-24-21(28)25(19)22-13-17-10-6-11-18(26-3)20(17)27-14-16-9-5-8-15(2)12-16/h5-6,8-13H,4,7,14H2,1-3H3,(H,24,28)/b22-13+. The van der Waals surface area contributed by atoms with Crippen LogP contribution in [-0.2, 0) is 13.0 Å². The zero-order valence-corrected chi connectivity index (χ0v) is 17.1. The Bertz CT molecular complexity index is 1020. The summed E-state index contributed by atoms with van der Waals surface area (Å²) in [6, 6.07) is 13.9. The van der Waals surface area contributed by atoms with Gasteiger partial charge in [0.05, 0.1) is 13.3 Å². The monoisotopic (exact) mass is 396 g/mol. The van der Waals surface area contributed by atoms with Crippen molar-refractivity contribution in [3.05, 3.63) is 69.8 Å². The number of H-pyrrole nitrogens is 1. The lowest BCUT2D eigenvalue weighted by Crippen LogP contribution is -2.03. The third-order valence-electron chi connectivity index (χ3n) is 4.20. The van der Waals surface area contributed by atoms with E-state index in [1.165, 1.54) is 5.56 Å². The number of para-hydroxylation sites is 1. The van der Waals surface area contributed by atoms with Gasteiger partial charge < -0.3 is 9.47 Å². The van der Waals surface area contributed by atoms with Gasteiger partial charge in [-0.1, -0.05) is 42.8 Å². The molecule has 1 heterocycles. The number of benzene rings is 2. The molecule has 0 aliphatic heterocycles. The van der Waals surface area contributed by atoms with Crippen LogP contribution in [0.1, 0.15) is 35.9 Å². The fraction of sp³-hybridized carbons (Fsp3) is 0.286. The first-order valence-electron chi connectivity index (χ1n) is 9.18. The summed E-state index contributed by atoms with van der Waals surface area (Å²) in [5.74, 6) is 2.09. The van der Waals surface area contributed by atoms with Crippen molar-refractivity contribution in [1.82, 2.24) is 14.9 Å². The van der Waals surface area contributed by atoms with E-state index in [4.69, 9.17) is 21.7 Å². The van der Waals surface area contributed by atoms with E-state index in [9.17, 15) is 0 Å². The molecule has 0 radical (unpaired) electrons. The van der Waals surface area contributed by atoms with E-state index in [0.29, 0.717) is 22.9 Å². The lowest BCUT2D eigenvalue weighted by atomic mass is 10.1. The van der Waals surface area contributed by atoms with Crippen LogP contribution < -0.4 is 9.47 Å². The third kappa shape index (κ3) is 4.67. The molecule has 0 saturated heterocycles. The number of nitrogens with one attached hydrogen (secondary N) is 1. The molecule has 28 heavy (non-hydrogen) atoms. The maximum absolute atomic E-state index is 6.10. The molecule has 0 aliphatic rings. The van der Waals surface area contributed by atoms with Crippen molar-refractivity contribution < 1.29 is 9.47 Å². The lowest BCUT2D eigenvalue weighted by Gasteiger charge is -2.13. The van der Waals surface area contributed by atoms with Gasteiger partial charge in [0, 0.05) is 12.0 Å². The number of aromatic amines is 1. The number of nitrogens with zero attached hydrogens (tertiary/aromatic N) is 3. The Balaban J connectivity index is 1.89. The van der Waals surface area contributed by atoms with E-state index >= 15 is 0 Å². The summed E-state index contributed by atoms with van der Waals surface area (Å²) in [5.41, 5.74) is 3.09. The highest BCUT2D eigenvalue weighted by Gasteiger charge is 2.11. The minimum Gasteiger partial charge on any atom is -0.493 e. The summed E-state index contributed by atoms with van der Waals surface area (Å²) >= 11 is 5.29. The molecule has 3 rings (SSSR count). The minimum absolute atomic E-state index is 0.440. The molecule has 1 aromatic heterocycles. The Hall–Kier alpha value is -2.93. The molecule has 146 valence electrons. The van der Waals surface area contributed by atoms with Crippen LogP contribution in [0.25, 0.3) is 0 Å². The van der Waals surface area contributed by atoms with Gasteiger partial charge in [-0.05, 0) is 43.3 Å². The largest absolute Gasteiger partial charge is 0.493 e. The van der Waals surface area contributed by atoms with Crippen LogP contribution in [0.3, 0.4) is 0 Å². The van der Waals surface area contributed by atoms with Crippen molar-refractivity contribution in [2.75, 3.05) is 7.11 Å². The average molecular weight is 397 g/mol. The first kappa shape index (κ1) is 19.8. The fourth-order valence-corrected chi connectivity index (χ4v) is 3.05. The summed E-state index contributed by atoms with van der Waals surface area (Å²) in [4.78, 5) is 0. The van der Waals surface area contributed by atoms with E-state index in [1.54, 1.807) is 18.0 Å². The number of hydrogen-bond donors (Lipinski definition) is 1. The van der Waals surface area contributed by atoms with Crippen LogP contribution in [0, 0.1) is 11.7 Å². The summed E-state index contributed by atoms with van der Waals surface area (Å²) in [6.45, 7) is 4.59. The molecular formula is C21H24N4O2S. The Kier molecular flexibility index (Phi) is 6.60. The molecule has 1 N–H and O–H groups in total. The average Bonchev–Trinajstić information content (AvgIpc) is 3.04. The van der Waals surface area contributed by atoms with Gasteiger partial charge in [-0.2, -0.15) is 14.9 Å². The second-order valence-corrected chi connectivity index (χ2v) is 6.79. The topological polar surface area (TPSA) is 64.4 Å². The number of methoxy groups -OCH3 is 1. The van der Waals surface area contributed by atoms with Crippen molar-refractivity contribution >= 4 is 18.4 Å². The fourth-order valence-electron chi connectivity index (χ4n) is 2.86. The molecule has 0 amide bonds. The minimum atomic E-state index is 0.440. The van der Waals surface area contributed by atoms with E-state index in [-0.39, 0.29) is 0 Å². The Morgan fingerprint density at radius 2 is 2.07 bits per heavy atom. The highest BCUT2D eigenvalue weighted by atomic mass is 32.1. The van der Waals surface area contributed by atoms with Gasteiger partial charge in [0.15, 0.2) is 17.3 Å². The maximum Gasteiger partial charge on any atom is 0.216 e. The van der Waals surface area contributed by atoms with Crippen LogP contribution in [-0.4, -0.2) is 28.2 Å². The number of aromatic nitrogens is 3. The predicted octanol–water partition coefficient (Wildman–Crippen LogP) is 4.67. The molecule has 0 saturated carbocycles. The molecule has 0 aliphatic carbocycles. The predicted molar refractivity (Wildman–Crippen MR) is 113 cm³/mol. The summed E-state index contributed by atoms with van der Waals surface area (Å²) in [5, 5.41) is 11.5. The molecule has 0 fully saturated rings. The van der Waals surface area contributed by atoms with E-state index in [1.807, 2.05) is 30.3 Å². The SMILES string of the molecule is CCCc1n[nH]c(=S)n1/N=C/c1cccc(OC)c1OCc1cccc(C)c1. The van der Waals surface area contributed by atoms with Crippen molar-refractivity contribution in [3.63, 3.8) is 0 Å². The van der Waals surface area contributed by atoms with E-state index in [2.05, 4.69) is 41.3 Å². The molecule has 2 aromatic carbocycles. The van der Waals surface area contributed by atoms with E-state index in [0.717, 1.165) is 29.8 Å². The Labute approximate surface area is 169 Å². The number of rotatable bonds is 8. The zero-order chi connectivity index (χ0) is 19.9. The molecular weight excluding hydrogens is 372 g/mol. The summed E-state index contributed by atoms with van der Waals surface area (Å²) < 4.78 is 13.7. The normalized spacial score (nSPS) is 11.1. The van der Waals surface area contributed by atoms with Gasteiger partial charge in [0.2, 0.25) is 4.77 Å². The van der Waals surface area contributed by atoms with Gasteiger partial charge in [0.1, 0.15) is 6.61 Å². The molecule has 0 atom stereocenters. The number of ether oxygens (including phenoxy) is 2. The Morgan fingerprint density at radius 3 is 2.82 bits per heavy atom. The van der Waals surface area contributed by atoms with E-state index < -0.39 is 0 Å². The summed E-state index contributed by atoms with van der Waals surface area (Å²) in [6.07, 6.45) is 3.47. The highest BCUT2D eigenvalue weighted by molar-refractivity contribution is 7.71. The second-order valence-electron chi connectivity index (χ2n) is 6.41. The van der Waals surface area contributed by atoms with Gasteiger partial charge in [-0.25, -0.2) is 0 Å². The molecule has 6 nitrogen and oxygen atoms in total. The van der Waals surface area contributed by atoms with Gasteiger partial charge in [0.25, 0.3) is 0 Å². The molecule has 3 aromatic rings. The molecule has 0 unspecified atom stereocenters. The third-order valence-corrected chi connectivity index (χ3v) is 4.46. The van der Waals surface area contributed by atoms with Crippen LogP contribution in [0.15, 0.2) is 47.6 Å². The molecule has 0 spiro atoms. The number of aryl methyl sites for hydroxylation is 2. The maximum atomic E-state index is 6.10. The zero-order valence-electron chi connectivity index (χ0n) is 16.3. The highest BCUT2D eigenvalue weighted by Crippen LogP contribution is 2.31. The summed E-state index contributed by atoms with van der Waals surface area (Å²) in [7, 11) is 1.63. The lowest BCUT2D eigenvalue weighted by molar-refractivity contribution is 0.284. The van der Waals surface area contributed by atoms with Crippen molar-refractivity contribution in [3.8, 4) is 11.5 Å². The van der Waals surface area contributed by atoms with Gasteiger partial charge >= 0.3 is 0 Å². The molecule has 7 heteroatoms. The smallest absolute Gasteiger partial charge is 0.216 e.